The van der Waals surface area contributed by atoms with Gasteiger partial charge in [-0.3, -0.25) is 4.79 Å². The molecule has 1 N–H and O–H groups in total. The van der Waals surface area contributed by atoms with E-state index in [4.69, 9.17) is 0 Å². The van der Waals surface area contributed by atoms with Crippen molar-refractivity contribution >= 4 is 11.6 Å². The predicted molar refractivity (Wildman–Crippen MR) is 97.4 cm³/mol. The molecule has 0 radical (unpaired) electrons. The van der Waals surface area contributed by atoms with E-state index in [1.807, 2.05) is 36.2 Å². The number of rotatable bonds is 3. The van der Waals surface area contributed by atoms with Crippen LogP contribution in [-0.2, 0) is 0 Å². The lowest BCUT2D eigenvalue weighted by molar-refractivity contribution is 0.0679. The van der Waals surface area contributed by atoms with Crippen molar-refractivity contribution in [2.24, 2.45) is 5.92 Å². The summed E-state index contributed by atoms with van der Waals surface area (Å²) >= 11 is 0. The quantitative estimate of drug-likeness (QED) is 0.925. The van der Waals surface area contributed by atoms with Gasteiger partial charge in [-0.2, -0.15) is 0 Å². The van der Waals surface area contributed by atoms with Crippen LogP contribution in [0.4, 0.5) is 5.69 Å². The van der Waals surface area contributed by atoms with Crippen LogP contribution in [0.2, 0.25) is 0 Å². The summed E-state index contributed by atoms with van der Waals surface area (Å²) in [7, 11) is 1.95. The summed E-state index contributed by atoms with van der Waals surface area (Å²) in [6, 6.07) is 8.37. The second kappa shape index (κ2) is 7.56. The van der Waals surface area contributed by atoms with E-state index in [2.05, 4.69) is 11.8 Å². The third kappa shape index (κ3) is 3.92. The van der Waals surface area contributed by atoms with Crippen molar-refractivity contribution in [2.45, 2.75) is 57.6 Å². The number of hydrogen-bond donors (Lipinski definition) is 1. The maximum atomic E-state index is 12.7. The Labute approximate surface area is 145 Å². The van der Waals surface area contributed by atoms with Crippen LogP contribution in [0.1, 0.15) is 55.8 Å². The number of carbonyl (C=O) groups is 1. The van der Waals surface area contributed by atoms with Gasteiger partial charge in [0.15, 0.2) is 0 Å². The molecule has 4 nitrogen and oxygen atoms in total. The summed E-state index contributed by atoms with van der Waals surface area (Å²) in [5, 5.41) is 9.62. The number of anilines is 1. The molecule has 0 bridgehead atoms. The first-order valence-corrected chi connectivity index (χ1v) is 9.35. The molecule has 1 aromatic carbocycles. The average Bonchev–Trinajstić information content (AvgIpc) is 2.62. The zero-order valence-electron chi connectivity index (χ0n) is 14.9. The summed E-state index contributed by atoms with van der Waals surface area (Å²) in [5.74, 6) is 0.933. The highest BCUT2D eigenvalue weighted by Crippen LogP contribution is 2.27. The van der Waals surface area contributed by atoms with E-state index < -0.39 is 0 Å². The fourth-order valence-electron chi connectivity index (χ4n) is 3.94. The summed E-state index contributed by atoms with van der Waals surface area (Å²) in [5.41, 5.74) is 1.92. The van der Waals surface area contributed by atoms with Gasteiger partial charge in [-0.15, -0.1) is 0 Å². The zero-order valence-corrected chi connectivity index (χ0v) is 14.9. The first kappa shape index (κ1) is 17.3. The van der Waals surface area contributed by atoms with E-state index in [-0.39, 0.29) is 12.0 Å². The highest BCUT2D eigenvalue weighted by atomic mass is 16.3. The first-order valence-electron chi connectivity index (χ1n) is 9.35. The monoisotopic (exact) mass is 330 g/mol. The lowest BCUT2D eigenvalue weighted by Crippen LogP contribution is -2.39. The molecule has 0 spiro atoms. The van der Waals surface area contributed by atoms with Gasteiger partial charge in [0.2, 0.25) is 0 Å². The highest BCUT2D eigenvalue weighted by molar-refractivity contribution is 5.94. The Morgan fingerprint density at radius 2 is 1.62 bits per heavy atom. The van der Waals surface area contributed by atoms with Crippen LogP contribution in [0, 0.1) is 5.92 Å². The predicted octanol–water partition coefficient (Wildman–Crippen LogP) is 3.30. The minimum Gasteiger partial charge on any atom is -0.393 e. The Morgan fingerprint density at radius 3 is 2.21 bits per heavy atom. The van der Waals surface area contributed by atoms with Gasteiger partial charge in [0.05, 0.1) is 6.10 Å². The van der Waals surface area contributed by atoms with Crippen LogP contribution < -0.4 is 4.90 Å². The molecule has 0 unspecified atom stereocenters. The molecule has 24 heavy (non-hydrogen) atoms. The largest absolute Gasteiger partial charge is 0.393 e. The number of aliphatic hydroxyl groups is 1. The molecule has 1 aliphatic heterocycles. The van der Waals surface area contributed by atoms with Crippen LogP contribution in [0.3, 0.4) is 0 Å². The molecule has 4 heteroatoms. The zero-order chi connectivity index (χ0) is 17.1. The van der Waals surface area contributed by atoms with Gasteiger partial charge in [0, 0.05) is 37.4 Å². The average molecular weight is 330 g/mol. The Balaban J connectivity index is 1.61. The number of nitrogens with zero attached hydrogens (tertiary/aromatic N) is 2. The molecular weight excluding hydrogens is 300 g/mol. The number of benzene rings is 1. The van der Waals surface area contributed by atoms with Gasteiger partial charge in [-0.1, -0.05) is 6.92 Å². The summed E-state index contributed by atoms with van der Waals surface area (Å²) in [4.78, 5) is 17.0. The number of carbonyl (C=O) groups excluding carboxylic acids is 1. The topological polar surface area (TPSA) is 43.8 Å². The summed E-state index contributed by atoms with van der Waals surface area (Å²) in [6.07, 6.45) is 6.18. The van der Waals surface area contributed by atoms with E-state index in [1.165, 1.54) is 12.8 Å². The normalized spacial score (nSPS) is 25.5. The van der Waals surface area contributed by atoms with Crippen molar-refractivity contribution in [2.75, 3.05) is 25.0 Å². The minimum atomic E-state index is -0.158. The van der Waals surface area contributed by atoms with Gasteiger partial charge < -0.3 is 14.9 Å². The Hall–Kier alpha value is -1.55. The summed E-state index contributed by atoms with van der Waals surface area (Å²) < 4.78 is 0. The van der Waals surface area contributed by atoms with Gasteiger partial charge in [0.1, 0.15) is 0 Å². The van der Waals surface area contributed by atoms with Crippen LogP contribution in [0.25, 0.3) is 0 Å². The fourth-order valence-corrected chi connectivity index (χ4v) is 3.94. The minimum absolute atomic E-state index is 0.134. The van der Waals surface area contributed by atoms with Crippen molar-refractivity contribution < 1.29 is 9.90 Å². The Bertz CT molecular complexity index is 541. The van der Waals surface area contributed by atoms with Crippen LogP contribution in [0.15, 0.2) is 24.3 Å². The van der Waals surface area contributed by atoms with Crippen LogP contribution in [-0.4, -0.2) is 48.2 Å². The molecular formula is C20H30N2O2. The number of aliphatic hydroxyl groups excluding tert-OH is 1. The third-order valence-corrected chi connectivity index (χ3v) is 5.80. The molecule has 2 fully saturated rings. The Kier molecular flexibility index (Phi) is 5.44. The van der Waals surface area contributed by atoms with Crippen LogP contribution in [0.5, 0.6) is 0 Å². The fraction of sp³-hybridized carbons (Fsp3) is 0.650. The van der Waals surface area contributed by atoms with E-state index in [0.29, 0.717) is 6.04 Å². The molecule has 1 aromatic rings. The third-order valence-electron chi connectivity index (χ3n) is 5.80. The van der Waals surface area contributed by atoms with Crippen molar-refractivity contribution in [3.8, 4) is 0 Å². The number of amides is 1. The molecule has 3 rings (SSSR count). The van der Waals surface area contributed by atoms with E-state index in [1.54, 1.807) is 0 Å². The molecule has 1 saturated carbocycles. The van der Waals surface area contributed by atoms with Gasteiger partial charge >= 0.3 is 0 Å². The smallest absolute Gasteiger partial charge is 0.253 e. The second-order valence-corrected chi connectivity index (χ2v) is 7.59. The molecule has 0 aromatic heterocycles. The molecule has 0 atom stereocenters. The molecule has 1 aliphatic carbocycles. The van der Waals surface area contributed by atoms with Crippen LogP contribution >= 0.6 is 0 Å². The molecule has 1 amide bonds. The van der Waals surface area contributed by atoms with E-state index in [9.17, 15) is 9.90 Å². The molecule has 1 saturated heterocycles. The highest BCUT2D eigenvalue weighted by Gasteiger charge is 2.25. The van der Waals surface area contributed by atoms with Gasteiger partial charge in [-0.05, 0) is 68.7 Å². The van der Waals surface area contributed by atoms with Crippen molar-refractivity contribution in [1.82, 2.24) is 4.90 Å². The number of piperidine rings is 1. The van der Waals surface area contributed by atoms with Gasteiger partial charge in [0.25, 0.3) is 5.91 Å². The molecule has 1 heterocycles. The van der Waals surface area contributed by atoms with Crippen molar-refractivity contribution in [3.63, 3.8) is 0 Å². The van der Waals surface area contributed by atoms with Gasteiger partial charge in [-0.25, -0.2) is 0 Å². The van der Waals surface area contributed by atoms with E-state index >= 15 is 0 Å². The van der Waals surface area contributed by atoms with Crippen molar-refractivity contribution in [1.29, 1.82) is 0 Å². The standard InChI is InChI=1S/C20H30N2O2/c1-15-3-7-17(8-4-15)21(2)20(24)16-5-9-18(10-6-16)22-13-11-19(23)12-14-22/h5-6,9-10,15,17,19,23H,3-4,7-8,11-14H2,1-2H3. The second-order valence-electron chi connectivity index (χ2n) is 7.59. The first-order chi connectivity index (χ1) is 11.5. The van der Waals surface area contributed by atoms with E-state index in [0.717, 1.165) is 55.9 Å². The Morgan fingerprint density at radius 1 is 1.04 bits per heavy atom. The SMILES string of the molecule is CC1CCC(N(C)C(=O)c2ccc(N3CCC(O)CC3)cc2)CC1. The lowest BCUT2D eigenvalue weighted by atomic mass is 9.86. The molecule has 132 valence electrons. The maximum absolute atomic E-state index is 12.7. The van der Waals surface area contributed by atoms with Crippen molar-refractivity contribution in [3.05, 3.63) is 29.8 Å². The molecule has 2 aliphatic rings. The maximum Gasteiger partial charge on any atom is 0.253 e. The number of hydrogen-bond acceptors (Lipinski definition) is 3. The summed E-state index contributed by atoms with van der Waals surface area (Å²) in [6.45, 7) is 4.07. The lowest BCUT2D eigenvalue weighted by Gasteiger charge is -2.34.